The van der Waals surface area contributed by atoms with E-state index in [0.29, 0.717) is 0 Å². The van der Waals surface area contributed by atoms with Crippen molar-refractivity contribution < 1.29 is 44.0 Å². The Bertz CT molecular complexity index is 63.2. The fourth-order valence-corrected chi connectivity index (χ4v) is 0. The maximum atomic E-state index is 8.88. The van der Waals surface area contributed by atoms with E-state index in [0.717, 1.165) is 0 Å². The van der Waals surface area contributed by atoms with Gasteiger partial charge in [-0.2, -0.15) is 0 Å². The second-order valence-corrected chi connectivity index (χ2v) is 1.54. The van der Waals surface area contributed by atoms with Crippen molar-refractivity contribution in [2.45, 2.75) is 0 Å². The fourth-order valence-electron chi connectivity index (χ4n) is 0. The predicted octanol–water partition coefficient (Wildman–Crippen LogP) is -4.38. The van der Waals surface area contributed by atoms with Crippen LogP contribution in [0.3, 0.4) is 0 Å². The third-order valence-electron chi connectivity index (χ3n) is 0. The summed E-state index contributed by atoms with van der Waals surface area (Å²) in [6, 6.07) is 0. The van der Waals surface area contributed by atoms with Gasteiger partial charge >= 0.3 is 45.6 Å². The van der Waals surface area contributed by atoms with Crippen LogP contribution in [0.5, 0.6) is 0 Å². The van der Waals surface area contributed by atoms with Gasteiger partial charge in [-0.1, -0.05) is 0 Å². The quantitative estimate of drug-likeness (QED) is 0.268. The molecule has 0 saturated carbocycles. The van der Waals surface area contributed by atoms with Crippen LogP contribution in [0.1, 0.15) is 2.85 Å². The number of phosphoric acid groups is 1. The molecule has 10 heavy (non-hydrogen) atoms. The van der Waals surface area contributed by atoms with E-state index in [4.69, 9.17) is 19.2 Å². The Balaban J connectivity index is -0.00000000381. The molecule has 0 aromatic heterocycles. The molecule has 0 aliphatic carbocycles. The second kappa shape index (κ2) is 16.7. The smallest absolute Gasteiger partial charge is 1.00 e. The van der Waals surface area contributed by atoms with Gasteiger partial charge in [0.2, 0.25) is 0 Å². The van der Waals surface area contributed by atoms with Crippen LogP contribution in [0.4, 0.5) is 0 Å². The summed E-state index contributed by atoms with van der Waals surface area (Å²) in [4.78, 5) is 21.6. The van der Waals surface area contributed by atoms with E-state index in [2.05, 4.69) is 0 Å². The molecule has 0 fully saturated rings. The molecule has 0 spiro atoms. The van der Waals surface area contributed by atoms with Crippen molar-refractivity contribution in [3.8, 4) is 0 Å². The monoisotopic (exact) mass is 212 g/mol. The van der Waals surface area contributed by atoms with Gasteiger partial charge in [0.05, 0.1) is 0 Å². The molecular weight excluding hydrogens is 199 g/mol. The van der Waals surface area contributed by atoms with Gasteiger partial charge in [0.1, 0.15) is 0 Å². The molecule has 0 rings (SSSR count). The predicted molar refractivity (Wildman–Crippen MR) is 36.7 cm³/mol. The molecule has 0 bridgehead atoms. The van der Waals surface area contributed by atoms with Gasteiger partial charge in [-0.25, -0.2) is 4.57 Å². The van der Waals surface area contributed by atoms with Crippen LogP contribution in [0.15, 0.2) is 0 Å². The Morgan fingerprint density at radius 1 is 0.900 bits per heavy atom. The molecule has 0 aliphatic heterocycles. The molecule has 0 unspecified atom stereocenters. The van der Waals surface area contributed by atoms with Crippen LogP contribution in [-0.4, -0.2) is 74.3 Å². The van der Waals surface area contributed by atoms with Crippen LogP contribution in [0.2, 0.25) is 0 Å². The minimum atomic E-state index is -4.64. The number of rotatable bonds is 0. The molecule has 0 atom stereocenters. The molecule has 10 heteroatoms. The van der Waals surface area contributed by atoms with Gasteiger partial charge in [-0.3, -0.25) is 0 Å². The topological polar surface area (TPSA) is 204 Å². The minimum absolute atomic E-state index is 0. The molecular formula is H13CaO8P. The standard InChI is InChI=1S/Ca.H3O4P.4H2O.2H/c;1-5(2,3)4;;;;;;/h;(H3,1,2,3,4);4*1H2;;/q+2;;;;;;2*-1. The normalized spacial score (nSPS) is 5.90. The van der Waals surface area contributed by atoms with Crippen molar-refractivity contribution in [2.24, 2.45) is 0 Å². The SMILES string of the molecule is O.O.O.O.O=P(O)(O)O.[Ca+2].[H-].[H-]. The maximum absolute atomic E-state index is 8.88. The first kappa shape index (κ1) is 43.1. The fraction of sp³-hybridized carbons (Fsp3) is 0. The first-order valence-corrected chi connectivity index (χ1v) is 2.35. The zero-order valence-electron chi connectivity index (χ0n) is 6.90. The van der Waals surface area contributed by atoms with Gasteiger partial charge in [-0.05, 0) is 0 Å². The second-order valence-electron chi connectivity index (χ2n) is 0.513. The minimum Gasteiger partial charge on any atom is -1.00 e. The summed E-state index contributed by atoms with van der Waals surface area (Å²) < 4.78 is 8.88. The third-order valence-corrected chi connectivity index (χ3v) is 0. The molecule has 8 nitrogen and oxygen atoms in total. The molecule has 0 radical (unpaired) electrons. The van der Waals surface area contributed by atoms with E-state index in [1.165, 1.54) is 0 Å². The molecule has 0 aliphatic rings. The first-order valence-electron chi connectivity index (χ1n) is 0.783. The van der Waals surface area contributed by atoms with Crippen LogP contribution < -0.4 is 0 Å². The van der Waals surface area contributed by atoms with Crippen LogP contribution in [0.25, 0.3) is 0 Å². The number of hydrogen-bond donors (Lipinski definition) is 3. The largest absolute Gasteiger partial charge is 2.00 e. The van der Waals surface area contributed by atoms with Gasteiger partial charge in [0, 0.05) is 0 Å². The summed E-state index contributed by atoms with van der Waals surface area (Å²) in [5, 5.41) is 0. The zero-order valence-corrected chi connectivity index (χ0v) is 8.01. The van der Waals surface area contributed by atoms with Crippen molar-refractivity contribution in [3.05, 3.63) is 0 Å². The van der Waals surface area contributed by atoms with Crippen molar-refractivity contribution in [1.82, 2.24) is 0 Å². The van der Waals surface area contributed by atoms with E-state index in [1.54, 1.807) is 0 Å². The van der Waals surface area contributed by atoms with Crippen molar-refractivity contribution in [2.75, 3.05) is 0 Å². The van der Waals surface area contributed by atoms with Crippen molar-refractivity contribution >= 4 is 45.6 Å². The van der Waals surface area contributed by atoms with E-state index in [1.807, 2.05) is 0 Å². The van der Waals surface area contributed by atoms with E-state index in [-0.39, 0.29) is 62.5 Å². The average molecular weight is 212 g/mol. The first-order chi connectivity index (χ1) is 2.00. The average Bonchev–Trinajstić information content (AvgIpc) is 0.722. The molecule has 0 saturated heterocycles. The Labute approximate surface area is 89.3 Å². The zero-order chi connectivity index (χ0) is 4.50. The van der Waals surface area contributed by atoms with Crippen LogP contribution in [-0.2, 0) is 4.57 Å². The maximum Gasteiger partial charge on any atom is 2.00 e. The molecule has 68 valence electrons. The van der Waals surface area contributed by atoms with Gasteiger partial charge < -0.3 is 39.4 Å². The summed E-state index contributed by atoms with van der Waals surface area (Å²) >= 11 is 0. The van der Waals surface area contributed by atoms with E-state index in [9.17, 15) is 0 Å². The molecule has 0 aromatic rings. The van der Waals surface area contributed by atoms with Crippen LogP contribution >= 0.6 is 7.82 Å². The van der Waals surface area contributed by atoms with Gasteiger partial charge in [-0.15, -0.1) is 0 Å². The Kier molecular flexibility index (Phi) is 71.7. The number of hydrogen-bond acceptors (Lipinski definition) is 1. The van der Waals surface area contributed by atoms with Crippen molar-refractivity contribution in [1.29, 1.82) is 0 Å². The third kappa shape index (κ3) is 424. The van der Waals surface area contributed by atoms with Crippen molar-refractivity contribution in [3.63, 3.8) is 0 Å². The summed E-state index contributed by atoms with van der Waals surface area (Å²) in [7, 11) is -4.64. The summed E-state index contributed by atoms with van der Waals surface area (Å²) in [5.41, 5.74) is 0. The Morgan fingerprint density at radius 3 is 0.900 bits per heavy atom. The Morgan fingerprint density at radius 2 is 0.900 bits per heavy atom. The molecule has 0 aromatic carbocycles. The summed E-state index contributed by atoms with van der Waals surface area (Å²) in [6.45, 7) is 0. The molecule has 0 heterocycles. The van der Waals surface area contributed by atoms with Gasteiger partial charge in [0.25, 0.3) is 0 Å². The molecule has 11 N–H and O–H groups in total. The summed E-state index contributed by atoms with van der Waals surface area (Å²) in [5.74, 6) is 0. The van der Waals surface area contributed by atoms with E-state index >= 15 is 0 Å². The van der Waals surface area contributed by atoms with Crippen LogP contribution in [0, 0.1) is 0 Å². The summed E-state index contributed by atoms with van der Waals surface area (Å²) in [6.07, 6.45) is 0. The van der Waals surface area contributed by atoms with E-state index < -0.39 is 7.82 Å². The Hall–Kier alpha value is 1.21. The van der Waals surface area contributed by atoms with Gasteiger partial charge in [0.15, 0.2) is 0 Å². The molecule has 0 amide bonds.